The second-order valence-corrected chi connectivity index (χ2v) is 12.0. The van der Waals surface area contributed by atoms with Crippen molar-refractivity contribution < 1.29 is 26.4 Å². The molecule has 32 heavy (non-hydrogen) atoms. The van der Waals surface area contributed by atoms with Crippen molar-refractivity contribution >= 4 is 31.5 Å². The van der Waals surface area contributed by atoms with Crippen LogP contribution in [0.3, 0.4) is 0 Å². The molecule has 0 N–H and O–H groups in total. The lowest BCUT2D eigenvalue weighted by molar-refractivity contribution is -0.120. The molecule has 1 saturated heterocycles. The third-order valence-corrected chi connectivity index (χ3v) is 8.84. The Morgan fingerprint density at radius 3 is 2.22 bits per heavy atom. The molecule has 0 spiro atoms. The lowest BCUT2D eigenvalue weighted by Crippen LogP contribution is -2.35. The molecular formula is C22H26N2O6S2. The van der Waals surface area contributed by atoms with E-state index in [4.69, 9.17) is 4.74 Å². The van der Waals surface area contributed by atoms with Gasteiger partial charge in [-0.15, -0.1) is 0 Å². The van der Waals surface area contributed by atoms with Crippen LogP contribution in [0.5, 0.6) is 5.75 Å². The summed E-state index contributed by atoms with van der Waals surface area (Å²) in [4.78, 5) is 14.8. The number of hydrogen-bond acceptors (Lipinski definition) is 6. The number of amides is 1. The van der Waals surface area contributed by atoms with E-state index < -0.39 is 19.9 Å². The minimum absolute atomic E-state index is 0.181. The van der Waals surface area contributed by atoms with E-state index in [0.29, 0.717) is 37.5 Å². The number of piperidine rings is 1. The summed E-state index contributed by atoms with van der Waals surface area (Å²) in [7, 11) is -6.81. The fourth-order valence-electron chi connectivity index (χ4n) is 4.06. The van der Waals surface area contributed by atoms with Gasteiger partial charge < -0.3 is 9.64 Å². The number of sulfone groups is 1. The molecule has 172 valence electrons. The van der Waals surface area contributed by atoms with Crippen LogP contribution in [-0.4, -0.2) is 59.5 Å². The van der Waals surface area contributed by atoms with Crippen LogP contribution in [0.4, 0.5) is 5.69 Å². The number of carbonyl (C=O) groups is 1. The average Bonchev–Trinajstić information content (AvgIpc) is 3.21. The highest BCUT2D eigenvalue weighted by atomic mass is 32.2. The van der Waals surface area contributed by atoms with Gasteiger partial charge in [0.05, 0.1) is 9.79 Å². The third kappa shape index (κ3) is 4.67. The lowest BCUT2D eigenvalue weighted by atomic mass is 10.2. The Hall–Kier alpha value is -2.43. The van der Waals surface area contributed by atoms with Crippen molar-refractivity contribution in [2.45, 2.75) is 35.5 Å². The first-order valence-electron chi connectivity index (χ1n) is 10.5. The van der Waals surface area contributed by atoms with E-state index in [1.54, 1.807) is 27.4 Å². The monoisotopic (exact) mass is 478 g/mol. The van der Waals surface area contributed by atoms with E-state index in [1.807, 2.05) is 0 Å². The van der Waals surface area contributed by atoms with E-state index in [-0.39, 0.29) is 22.3 Å². The molecule has 10 heteroatoms. The molecular weight excluding hydrogens is 452 g/mol. The van der Waals surface area contributed by atoms with Crippen molar-refractivity contribution in [3.8, 4) is 5.75 Å². The predicted molar refractivity (Wildman–Crippen MR) is 120 cm³/mol. The summed E-state index contributed by atoms with van der Waals surface area (Å²) in [5, 5.41) is 0. The van der Waals surface area contributed by atoms with Crippen LogP contribution in [0, 0.1) is 0 Å². The Labute approximate surface area is 188 Å². The molecule has 0 saturated carbocycles. The number of ether oxygens (including phenoxy) is 1. The molecule has 2 aliphatic heterocycles. The van der Waals surface area contributed by atoms with Gasteiger partial charge in [0.15, 0.2) is 16.4 Å². The van der Waals surface area contributed by atoms with E-state index in [2.05, 4.69) is 0 Å². The van der Waals surface area contributed by atoms with Gasteiger partial charge in [0.25, 0.3) is 5.91 Å². The SMILES string of the molecule is CS(=O)(=O)c1ccc(OCC(=O)N2CCc3cc(S(=O)(=O)N4CCCCC4)ccc32)cc1. The Balaban J connectivity index is 1.43. The van der Waals surface area contributed by atoms with Gasteiger partial charge in [0.2, 0.25) is 10.0 Å². The summed E-state index contributed by atoms with van der Waals surface area (Å²) in [6.45, 7) is 1.35. The summed E-state index contributed by atoms with van der Waals surface area (Å²) in [6.07, 6.45) is 4.51. The van der Waals surface area contributed by atoms with Crippen LogP contribution in [0.25, 0.3) is 0 Å². The van der Waals surface area contributed by atoms with Crippen LogP contribution in [0.1, 0.15) is 24.8 Å². The maximum atomic E-state index is 12.9. The summed E-state index contributed by atoms with van der Waals surface area (Å²) >= 11 is 0. The van der Waals surface area contributed by atoms with Gasteiger partial charge in [-0.1, -0.05) is 6.42 Å². The number of anilines is 1. The van der Waals surface area contributed by atoms with Crippen LogP contribution in [0.15, 0.2) is 52.3 Å². The minimum Gasteiger partial charge on any atom is -0.484 e. The maximum absolute atomic E-state index is 12.9. The standard InChI is InChI=1S/C22H26N2O6S2/c1-31(26,27)19-7-5-18(6-8-19)30-16-22(25)24-14-11-17-15-20(9-10-21(17)24)32(28,29)23-12-3-2-4-13-23/h5-10,15H,2-4,11-14,16H2,1H3. The highest BCUT2D eigenvalue weighted by Crippen LogP contribution is 2.32. The maximum Gasteiger partial charge on any atom is 0.264 e. The highest BCUT2D eigenvalue weighted by Gasteiger charge is 2.30. The van der Waals surface area contributed by atoms with Gasteiger partial charge in [0, 0.05) is 31.6 Å². The molecule has 2 aromatic carbocycles. The number of sulfonamides is 1. The van der Waals surface area contributed by atoms with Gasteiger partial charge in [-0.05, 0) is 67.3 Å². The predicted octanol–water partition coefficient (Wildman–Crippen LogP) is 2.23. The van der Waals surface area contributed by atoms with Crippen LogP contribution >= 0.6 is 0 Å². The van der Waals surface area contributed by atoms with Crippen molar-refractivity contribution in [3.63, 3.8) is 0 Å². The Morgan fingerprint density at radius 2 is 1.56 bits per heavy atom. The second-order valence-electron chi connectivity index (χ2n) is 8.08. The summed E-state index contributed by atoms with van der Waals surface area (Å²) in [5.41, 5.74) is 1.53. The molecule has 0 radical (unpaired) electrons. The zero-order valence-electron chi connectivity index (χ0n) is 17.9. The highest BCUT2D eigenvalue weighted by molar-refractivity contribution is 7.90. The quantitative estimate of drug-likeness (QED) is 0.631. The Kier molecular flexibility index (Phi) is 6.28. The van der Waals surface area contributed by atoms with Gasteiger partial charge >= 0.3 is 0 Å². The van der Waals surface area contributed by atoms with E-state index >= 15 is 0 Å². The molecule has 2 aliphatic rings. The normalized spacial score (nSPS) is 17.2. The number of carbonyl (C=O) groups excluding carboxylic acids is 1. The van der Waals surface area contributed by atoms with E-state index in [9.17, 15) is 21.6 Å². The Morgan fingerprint density at radius 1 is 0.906 bits per heavy atom. The number of benzene rings is 2. The third-order valence-electron chi connectivity index (χ3n) is 5.81. The van der Waals surface area contributed by atoms with Crippen molar-refractivity contribution in [3.05, 3.63) is 48.0 Å². The van der Waals surface area contributed by atoms with Crippen molar-refractivity contribution in [2.75, 3.05) is 37.4 Å². The Bertz CT molecular complexity index is 1220. The van der Waals surface area contributed by atoms with E-state index in [0.717, 1.165) is 31.1 Å². The van der Waals surface area contributed by atoms with Crippen LogP contribution in [0.2, 0.25) is 0 Å². The average molecular weight is 479 g/mol. The van der Waals surface area contributed by atoms with Gasteiger partial charge in [0.1, 0.15) is 5.75 Å². The molecule has 2 heterocycles. The molecule has 1 amide bonds. The van der Waals surface area contributed by atoms with Crippen LogP contribution in [-0.2, 0) is 31.1 Å². The number of rotatable bonds is 6. The molecule has 8 nitrogen and oxygen atoms in total. The molecule has 0 unspecified atom stereocenters. The molecule has 1 fully saturated rings. The van der Waals surface area contributed by atoms with Crippen molar-refractivity contribution in [2.24, 2.45) is 0 Å². The summed E-state index contributed by atoms with van der Waals surface area (Å²) in [6, 6.07) is 10.8. The number of fused-ring (bicyclic) bond motifs is 1. The second kappa shape index (κ2) is 8.84. The minimum atomic E-state index is -3.52. The fraction of sp³-hybridized carbons (Fsp3) is 0.409. The van der Waals surface area contributed by atoms with Crippen LogP contribution < -0.4 is 9.64 Å². The molecule has 0 aromatic heterocycles. The zero-order chi connectivity index (χ0) is 22.9. The lowest BCUT2D eigenvalue weighted by Gasteiger charge is -2.26. The zero-order valence-corrected chi connectivity index (χ0v) is 19.5. The first-order chi connectivity index (χ1) is 15.2. The molecule has 0 bridgehead atoms. The smallest absolute Gasteiger partial charge is 0.264 e. The molecule has 0 aliphatic carbocycles. The first-order valence-corrected chi connectivity index (χ1v) is 13.9. The van der Waals surface area contributed by atoms with Gasteiger partial charge in [-0.3, -0.25) is 4.79 Å². The number of nitrogens with zero attached hydrogens (tertiary/aromatic N) is 2. The molecule has 2 aromatic rings. The molecule has 4 rings (SSSR count). The fourth-order valence-corrected chi connectivity index (χ4v) is 6.26. The topological polar surface area (TPSA) is 101 Å². The van der Waals surface area contributed by atoms with Gasteiger partial charge in [-0.25, -0.2) is 16.8 Å². The summed E-state index contributed by atoms with van der Waals surface area (Å²) < 4.78 is 56.0. The largest absolute Gasteiger partial charge is 0.484 e. The molecule has 0 atom stereocenters. The number of hydrogen-bond donors (Lipinski definition) is 0. The summed E-state index contributed by atoms with van der Waals surface area (Å²) in [5.74, 6) is 0.149. The van der Waals surface area contributed by atoms with Crippen molar-refractivity contribution in [1.82, 2.24) is 4.31 Å². The van der Waals surface area contributed by atoms with Crippen molar-refractivity contribution in [1.29, 1.82) is 0 Å². The van der Waals surface area contributed by atoms with Gasteiger partial charge in [-0.2, -0.15) is 4.31 Å². The van der Waals surface area contributed by atoms with E-state index in [1.165, 1.54) is 24.3 Å². The first kappa shape index (κ1) is 22.8.